The predicted octanol–water partition coefficient (Wildman–Crippen LogP) is 1.90. The molecule has 0 fully saturated rings. The van der Waals surface area contributed by atoms with Crippen LogP contribution in [-0.2, 0) is 23.6 Å². The number of halogens is 1. The lowest BCUT2D eigenvalue weighted by Gasteiger charge is -1.96. The molecule has 0 atom stereocenters. The second-order valence-electron chi connectivity index (χ2n) is 4.12. The van der Waals surface area contributed by atoms with E-state index in [9.17, 15) is 4.79 Å². The Kier molecular flexibility index (Phi) is 4.52. The van der Waals surface area contributed by atoms with Gasteiger partial charge in [-0.15, -0.1) is 11.6 Å². The third kappa shape index (κ3) is 3.54. The van der Waals surface area contributed by atoms with Gasteiger partial charge in [0.15, 0.2) is 6.54 Å². The van der Waals surface area contributed by atoms with Crippen LogP contribution in [0.4, 0.5) is 5.88 Å². The van der Waals surface area contributed by atoms with Gasteiger partial charge >= 0.3 is 5.88 Å². The summed E-state index contributed by atoms with van der Waals surface area (Å²) in [5, 5.41) is 6.47. The van der Waals surface area contributed by atoms with E-state index in [-0.39, 0.29) is 11.8 Å². The largest absolute Gasteiger partial charge is 0.306 e. The summed E-state index contributed by atoms with van der Waals surface area (Å²) in [5.74, 6) is 0.335. The smallest absolute Gasteiger partial charge is 0.289 e. The molecule has 0 aliphatic rings. The molecule has 1 aromatic carbocycles. The van der Waals surface area contributed by atoms with Crippen LogP contribution in [0, 0.1) is 0 Å². The van der Waals surface area contributed by atoms with Gasteiger partial charge in [0.05, 0.1) is 0 Å². The Hall–Kier alpha value is -1.88. The zero-order valence-electron chi connectivity index (χ0n) is 10.6. The van der Waals surface area contributed by atoms with Gasteiger partial charge < -0.3 is 0 Å². The molecule has 0 aliphatic heterocycles. The number of aromatic nitrogens is 2. The first-order chi connectivity index (χ1) is 9.20. The molecule has 0 spiro atoms. The van der Waals surface area contributed by atoms with Gasteiger partial charge in [0, 0.05) is 13.3 Å². The van der Waals surface area contributed by atoms with E-state index in [0.717, 1.165) is 6.42 Å². The van der Waals surface area contributed by atoms with Gasteiger partial charge in [-0.2, -0.15) is 0 Å². The number of benzene rings is 1. The van der Waals surface area contributed by atoms with E-state index in [2.05, 4.69) is 22.7 Å². The van der Waals surface area contributed by atoms with Crippen LogP contribution < -0.4 is 10.00 Å². The molecule has 2 rings (SSSR count). The van der Waals surface area contributed by atoms with E-state index in [0.29, 0.717) is 18.1 Å². The summed E-state index contributed by atoms with van der Waals surface area (Å²) in [6.45, 7) is 2.06. The molecule has 6 heteroatoms. The molecule has 0 saturated heterocycles. The number of nitrogens with zero attached hydrogens (tertiary/aromatic N) is 2. The molecule has 1 aromatic heterocycles. The van der Waals surface area contributed by atoms with E-state index < -0.39 is 0 Å². The predicted molar refractivity (Wildman–Crippen MR) is 70.7 cm³/mol. The second-order valence-corrected chi connectivity index (χ2v) is 4.39. The molecule has 5 nitrogen and oxygen atoms in total. The van der Waals surface area contributed by atoms with Crippen molar-refractivity contribution in [3.05, 3.63) is 41.6 Å². The Morgan fingerprint density at radius 1 is 1.42 bits per heavy atom. The summed E-state index contributed by atoms with van der Waals surface area (Å²) in [5.41, 5.74) is 1.88. The van der Waals surface area contributed by atoms with E-state index in [1.165, 1.54) is 12.5 Å². The summed E-state index contributed by atoms with van der Waals surface area (Å²) < 4.78 is 6.75. The fourth-order valence-electron chi connectivity index (χ4n) is 1.75. The van der Waals surface area contributed by atoms with Gasteiger partial charge in [0.1, 0.15) is 5.88 Å². The van der Waals surface area contributed by atoms with Crippen molar-refractivity contribution < 1.29 is 14.0 Å². The Balaban J connectivity index is 2.08. The molecule has 100 valence electrons. The standard InChI is InChI=1S/C13H14ClN3O2/c1-10(18)15-13-12(9-14)17(16-19-13)8-7-11-5-3-2-4-6-11/h2-6H,7-9H2,1H3/p+1. The van der Waals surface area contributed by atoms with Gasteiger partial charge in [-0.25, -0.2) is 0 Å². The van der Waals surface area contributed by atoms with E-state index in [4.69, 9.17) is 16.1 Å². The zero-order valence-corrected chi connectivity index (χ0v) is 11.4. The average molecular weight is 281 g/mol. The number of nitrogens with one attached hydrogen (secondary N) is 1. The van der Waals surface area contributed by atoms with Crippen LogP contribution in [0.3, 0.4) is 0 Å². The van der Waals surface area contributed by atoms with Crippen molar-refractivity contribution in [2.45, 2.75) is 25.8 Å². The average Bonchev–Trinajstić information content (AvgIpc) is 2.78. The normalized spacial score (nSPS) is 10.4. The summed E-state index contributed by atoms with van der Waals surface area (Å²) in [6, 6.07) is 10.1. The minimum Gasteiger partial charge on any atom is -0.289 e. The number of hydrogen-bond acceptors (Lipinski definition) is 3. The first kappa shape index (κ1) is 13.5. The lowest BCUT2D eigenvalue weighted by molar-refractivity contribution is -0.767. The highest BCUT2D eigenvalue weighted by Gasteiger charge is 2.24. The van der Waals surface area contributed by atoms with Gasteiger partial charge in [0.25, 0.3) is 5.69 Å². The number of carbonyl (C=O) groups excluding carboxylic acids is 1. The maximum absolute atomic E-state index is 11.0. The Bertz CT molecular complexity index is 554. The summed E-state index contributed by atoms with van der Waals surface area (Å²) >= 11 is 5.87. The topological polar surface area (TPSA) is 59.0 Å². The van der Waals surface area contributed by atoms with Crippen LogP contribution >= 0.6 is 11.6 Å². The maximum Gasteiger partial charge on any atom is 0.306 e. The van der Waals surface area contributed by atoms with Gasteiger partial charge in [-0.1, -0.05) is 30.3 Å². The van der Waals surface area contributed by atoms with Crippen molar-refractivity contribution in [1.82, 2.24) is 5.27 Å². The molecule has 1 N–H and O–H groups in total. The zero-order chi connectivity index (χ0) is 13.7. The molecule has 0 unspecified atom stereocenters. The minimum absolute atomic E-state index is 0.210. The molecular formula is C13H15ClN3O2+. The van der Waals surface area contributed by atoms with Crippen molar-refractivity contribution in [2.24, 2.45) is 0 Å². The number of carbonyl (C=O) groups is 1. The van der Waals surface area contributed by atoms with Crippen molar-refractivity contribution >= 4 is 23.4 Å². The number of anilines is 1. The van der Waals surface area contributed by atoms with E-state index in [1.54, 1.807) is 4.68 Å². The molecule has 0 saturated carbocycles. The molecular weight excluding hydrogens is 266 g/mol. The second kappa shape index (κ2) is 6.33. The molecule has 0 aliphatic carbocycles. The van der Waals surface area contributed by atoms with Crippen molar-refractivity contribution in [1.29, 1.82) is 0 Å². The molecule has 0 radical (unpaired) electrons. The third-order valence-corrected chi connectivity index (χ3v) is 2.93. The van der Waals surface area contributed by atoms with Gasteiger partial charge in [-0.05, 0) is 10.2 Å². The SMILES string of the molecule is CC(=O)Nc1on[n+](CCc2ccccc2)c1CCl. The highest BCUT2D eigenvalue weighted by molar-refractivity contribution is 6.17. The highest BCUT2D eigenvalue weighted by Crippen LogP contribution is 2.12. The highest BCUT2D eigenvalue weighted by atomic mass is 35.5. The summed E-state index contributed by atoms with van der Waals surface area (Å²) in [7, 11) is 0. The number of hydrogen-bond donors (Lipinski definition) is 1. The molecule has 19 heavy (non-hydrogen) atoms. The fourth-order valence-corrected chi connectivity index (χ4v) is 2.01. The first-order valence-electron chi connectivity index (χ1n) is 5.97. The number of rotatable bonds is 5. The van der Waals surface area contributed by atoms with Crippen LogP contribution in [0.25, 0.3) is 0 Å². The minimum atomic E-state index is -0.210. The van der Waals surface area contributed by atoms with Gasteiger partial charge in [-0.3, -0.25) is 14.6 Å². The van der Waals surface area contributed by atoms with Crippen LogP contribution in [0.5, 0.6) is 0 Å². The fraction of sp³-hybridized carbons (Fsp3) is 0.308. The number of aryl methyl sites for hydroxylation is 2. The van der Waals surface area contributed by atoms with E-state index in [1.807, 2.05) is 18.2 Å². The van der Waals surface area contributed by atoms with Crippen LogP contribution in [0.2, 0.25) is 0 Å². The summed E-state index contributed by atoms with van der Waals surface area (Å²) in [4.78, 5) is 11.0. The lowest BCUT2D eigenvalue weighted by atomic mass is 10.1. The quantitative estimate of drug-likeness (QED) is 0.672. The van der Waals surface area contributed by atoms with Crippen LogP contribution in [-0.4, -0.2) is 11.2 Å². The third-order valence-electron chi connectivity index (χ3n) is 2.68. The Morgan fingerprint density at radius 3 is 2.79 bits per heavy atom. The molecule has 0 bridgehead atoms. The molecule has 1 amide bonds. The summed E-state index contributed by atoms with van der Waals surface area (Å²) in [6.07, 6.45) is 0.821. The molecule has 2 aromatic rings. The monoisotopic (exact) mass is 280 g/mol. The molecule has 1 heterocycles. The van der Waals surface area contributed by atoms with Crippen molar-refractivity contribution in [2.75, 3.05) is 5.32 Å². The number of alkyl halides is 1. The van der Waals surface area contributed by atoms with E-state index >= 15 is 0 Å². The lowest BCUT2D eigenvalue weighted by Crippen LogP contribution is -2.40. The van der Waals surface area contributed by atoms with Crippen LogP contribution in [0.15, 0.2) is 34.9 Å². The Morgan fingerprint density at radius 2 is 2.16 bits per heavy atom. The Labute approximate surface area is 116 Å². The van der Waals surface area contributed by atoms with Crippen molar-refractivity contribution in [3.8, 4) is 0 Å². The maximum atomic E-state index is 11.0. The van der Waals surface area contributed by atoms with Crippen LogP contribution in [0.1, 0.15) is 18.2 Å². The van der Waals surface area contributed by atoms with Gasteiger partial charge in [0.2, 0.25) is 11.2 Å². The van der Waals surface area contributed by atoms with Crippen molar-refractivity contribution in [3.63, 3.8) is 0 Å². The first-order valence-corrected chi connectivity index (χ1v) is 6.50. The number of amides is 1.